The molecule has 0 spiro atoms. The van der Waals surface area contributed by atoms with Gasteiger partial charge in [0.1, 0.15) is 0 Å². The third-order valence-electron chi connectivity index (χ3n) is 6.55. The van der Waals surface area contributed by atoms with Crippen molar-refractivity contribution in [2.24, 2.45) is 0 Å². The summed E-state index contributed by atoms with van der Waals surface area (Å²) in [4.78, 5) is 0.183. The molecule has 1 fully saturated rings. The van der Waals surface area contributed by atoms with Crippen LogP contribution >= 0.6 is 0 Å². The van der Waals surface area contributed by atoms with Crippen molar-refractivity contribution in [3.8, 4) is 0 Å². The summed E-state index contributed by atoms with van der Waals surface area (Å²) in [6.45, 7) is 15.4. The molecule has 7 heteroatoms. The second-order valence-electron chi connectivity index (χ2n) is 10.4. The Morgan fingerprint density at radius 3 is 2.26 bits per heavy atom. The van der Waals surface area contributed by atoms with Gasteiger partial charge in [-0.15, -0.1) is 0 Å². The Bertz CT molecular complexity index is 783. The van der Waals surface area contributed by atoms with Gasteiger partial charge in [-0.2, -0.15) is 8.42 Å². The molecule has 1 aliphatic heterocycles. The Hall–Kier alpha value is -0.733. The molecule has 0 unspecified atom stereocenters. The molecule has 178 valence electrons. The molecular weight excluding hydrogens is 428 g/mol. The molecule has 1 heterocycles. The molecule has 5 nitrogen and oxygen atoms in total. The highest BCUT2D eigenvalue weighted by Crippen LogP contribution is 2.39. The lowest BCUT2D eigenvalue weighted by Gasteiger charge is -2.43. The van der Waals surface area contributed by atoms with Gasteiger partial charge in [0.05, 0.1) is 29.8 Å². The maximum absolute atomic E-state index is 12.6. The lowest BCUT2D eigenvalue weighted by Crippen LogP contribution is -2.48. The van der Waals surface area contributed by atoms with E-state index in [1.165, 1.54) is 6.42 Å². The Balaban J connectivity index is 2.06. The molecule has 0 saturated carbocycles. The van der Waals surface area contributed by atoms with Gasteiger partial charge in [0.15, 0.2) is 8.32 Å². The van der Waals surface area contributed by atoms with Gasteiger partial charge in [-0.05, 0) is 50.0 Å². The number of aryl methyl sites for hydroxylation is 1. The van der Waals surface area contributed by atoms with E-state index in [0.717, 1.165) is 31.2 Å². The zero-order valence-electron chi connectivity index (χ0n) is 20.4. The topological polar surface area (TPSA) is 61.8 Å². The first-order chi connectivity index (χ1) is 14.3. The first-order valence-corrected chi connectivity index (χ1v) is 15.9. The molecule has 0 N–H and O–H groups in total. The summed E-state index contributed by atoms with van der Waals surface area (Å²) in [7, 11) is -5.72. The fraction of sp³-hybridized carbons (Fsp3) is 0.750. The summed E-state index contributed by atoms with van der Waals surface area (Å²) in [5.41, 5.74) is 1.01. The predicted octanol–water partition coefficient (Wildman–Crippen LogP) is 6.22. The number of rotatable bonds is 10. The van der Waals surface area contributed by atoms with Crippen LogP contribution in [0.4, 0.5) is 0 Å². The van der Waals surface area contributed by atoms with Crippen molar-refractivity contribution in [3.63, 3.8) is 0 Å². The van der Waals surface area contributed by atoms with E-state index in [0.29, 0.717) is 6.42 Å². The average Bonchev–Trinajstić information content (AvgIpc) is 2.66. The third-order valence-corrected chi connectivity index (χ3v) is 12.4. The molecule has 0 amide bonds. The van der Waals surface area contributed by atoms with E-state index in [2.05, 4.69) is 40.8 Å². The van der Waals surface area contributed by atoms with Crippen LogP contribution in [0.25, 0.3) is 0 Å². The van der Waals surface area contributed by atoms with Crippen LogP contribution < -0.4 is 0 Å². The monoisotopic (exact) mass is 470 g/mol. The summed E-state index contributed by atoms with van der Waals surface area (Å²) in [6, 6.07) is 6.73. The zero-order valence-corrected chi connectivity index (χ0v) is 22.3. The number of benzene rings is 1. The van der Waals surface area contributed by atoms with Gasteiger partial charge in [0, 0.05) is 6.42 Å². The van der Waals surface area contributed by atoms with Crippen LogP contribution in [-0.4, -0.2) is 41.7 Å². The van der Waals surface area contributed by atoms with E-state index < -0.39 is 18.4 Å². The van der Waals surface area contributed by atoms with Crippen LogP contribution in [0.3, 0.4) is 0 Å². The summed E-state index contributed by atoms with van der Waals surface area (Å²) in [5.74, 6) is 0. The van der Waals surface area contributed by atoms with E-state index in [9.17, 15) is 8.42 Å². The molecule has 1 saturated heterocycles. The molecule has 2 rings (SSSR count). The largest absolute Gasteiger partial charge is 0.414 e. The summed E-state index contributed by atoms with van der Waals surface area (Å²) < 4.78 is 43.6. The van der Waals surface area contributed by atoms with Gasteiger partial charge in [0.2, 0.25) is 0 Å². The fourth-order valence-electron chi connectivity index (χ4n) is 3.61. The van der Waals surface area contributed by atoms with Crippen LogP contribution in [0.1, 0.15) is 71.8 Å². The standard InChI is InChI=1S/C24H42O5SSi/c1-8-9-10-11-20-16-21(29-31(6,7)24(3,4)5)17-22(28-20)18-27-30(25,26)23-14-12-19(2)13-15-23/h12-15,20-22H,8-11,16-18H2,1-7H3/t20-,21+,22-/m0/s1. The van der Waals surface area contributed by atoms with Crippen molar-refractivity contribution in [2.75, 3.05) is 6.61 Å². The Labute approximate surface area is 191 Å². The van der Waals surface area contributed by atoms with Crippen molar-refractivity contribution < 1.29 is 21.8 Å². The number of unbranched alkanes of at least 4 members (excludes halogenated alkanes) is 2. The number of ether oxygens (including phenoxy) is 1. The van der Waals surface area contributed by atoms with Crippen LogP contribution in [0.15, 0.2) is 29.2 Å². The minimum atomic E-state index is -3.80. The molecule has 0 aliphatic carbocycles. The first-order valence-electron chi connectivity index (χ1n) is 11.6. The van der Waals surface area contributed by atoms with Crippen molar-refractivity contribution in [1.82, 2.24) is 0 Å². The van der Waals surface area contributed by atoms with Crippen molar-refractivity contribution in [2.45, 2.75) is 114 Å². The molecule has 0 aromatic heterocycles. The maximum Gasteiger partial charge on any atom is 0.297 e. The zero-order chi connectivity index (χ0) is 23.3. The second kappa shape index (κ2) is 10.9. The molecule has 1 aliphatic rings. The fourth-order valence-corrected chi connectivity index (χ4v) is 5.93. The number of hydrogen-bond donors (Lipinski definition) is 0. The molecule has 0 bridgehead atoms. The van der Waals surface area contributed by atoms with Gasteiger partial charge < -0.3 is 9.16 Å². The van der Waals surface area contributed by atoms with Crippen LogP contribution in [0.2, 0.25) is 18.1 Å². The normalized spacial score (nSPS) is 23.1. The summed E-state index contributed by atoms with van der Waals surface area (Å²) in [5, 5.41) is 0.129. The Kier molecular flexibility index (Phi) is 9.35. The highest BCUT2D eigenvalue weighted by molar-refractivity contribution is 7.86. The van der Waals surface area contributed by atoms with Crippen LogP contribution in [-0.2, 0) is 23.5 Å². The second-order valence-corrected chi connectivity index (χ2v) is 16.8. The minimum absolute atomic E-state index is 0.0256. The van der Waals surface area contributed by atoms with E-state index in [-0.39, 0.29) is 34.9 Å². The lowest BCUT2D eigenvalue weighted by molar-refractivity contribution is -0.107. The third kappa shape index (κ3) is 7.97. The van der Waals surface area contributed by atoms with Crippen molar-refractivity contribution in [3.05, 3.63) is 29.8 Å². The smallest absolute Gasteiger partial charge is 0.297 e. The summed E-state index contributed by atoms with van der Waals surface area (Å²) in [6.07, 6.45) is 5.86. The predicted molar refractivity (Wildman–Crippen MR) is 128 cm³/mol. The first kappa shape index (κ1) is 26.5. The van der Waals surface area contributed by atoms with Crippen molar-refractivity contribution >= 4 is 18.4 Å². The quantitative estimate of drug-likeness (QED) is 0.231. The van der Waals surface area contributed by atoms with Gasteiger partial charge in [0.25, 0.3) is 10.1 Å². The van der Waals surface area contributed by atoms with E-state index in [4.69, 9.17) is 13.3 Å². The van der Waals surface area contributed by atoms with Crippen molar-refractivity contribution in [1.29, 1.82) is 0 Å². The van der Waals surface area contributed by atoms with Gasteiger partial charge in [-0.3, -0.25) is 4.18 Å². The SMILES string of the molecule is CCCCC[C@H]1C[C@@H](O[Si](C)(C)C(C)(C)C)C[C@@H](COS(=O)(=O)c2ccc(C)cc2)O1. The van der Waals surface area contributed by atoms with Gasteiger partial charge in [-0.25, -0.2) is 0 Å². The average molecular weight is 471 g/mol. The van der Waals surface area contributed by atoms with Crippen LogP contribution in [0, 0.1) is 6.92 Å². The highest BCUT2D eigenvalue weighted by atomic mass is 32.2. The molecule has 3 atom stereocenters. The highest BCUT2D eigenvalue weighted by Gasteiger charge is 2.41. The van der Waals surface area contributed by atoms with E-state index in [1.54, 1.807) is 24.3 Å². The molecule has 0 radical (unpaired) electrons. The van der Waals surface area contributed by atoms with E-state index >= 15 is 0 Å². The molecule has 31 heavy (non-hydrogen) atoms. The Morgan fingerprint density at radius 1 is 1.06 bits per heavy atom. The minimum Gasteiger partial charge on any atom is -0.414 e. The Morgan fingerprint density at radius 2 is 1.68 bits per heavy atom. The summed E-state index contributed by atoms with van der Waals surface area (Å²) >= 11 is 0. The number of hydrogen-bond acceptors (Lipinski definition) is 5. The molecule has 1 aromatic carbocycles. The van der Waals surface area contributed by atoms with E-state index in [1.807, 2.05) is 6.92 Å². The van der Waals surface area contributed by atoms with Gasteiger partial charge >= 0.3 is 0 Å². The van der Waals surface area contributed by atoms with Crippen LogP contribution in [0.5, 0.6) is 0 Å². The molecular formula is C24H42O5SSi. The molecule has 1 aromatic rings. The lowest BCUT2D eigenvalue weighted by atomic mass is 9.97. The maximum atomic E-state index is 12.6. The van der Waals surface area contributed by atoms with Gasteiger partial charge in [-0.1, -0.05) is 64.7 Å².